The second-order valence-corrected chi connectivity index (χ2v) is 5.74. The van der Waals surface area contributed by atoms with Gasteiger partial charge in [0.1, 0.15) is 5.69 Å². The van der Waals surface area contributed by atoms with E-state index in [1.165, 1.54) is 6.20 Å². The zero-order valence-corrected chi connectivity index (χ0v) is 11.2. The lowest BCUT2D eigenvalue weighted by atomic mass is 9.85. The van der Waals surface area contributed by atoms with Crippen molar-refractivity contribution in [3.05, 3.63) is 18.0 Å². The van der Waals surface area contributed by atoms with Crippen LogP contribution in [0.2, 0.25) is 0 Å². The number of hydrogen-bond acceptors (Lipinski definition) is 3. The predicted molar refractivity (Wildman–Crippen MR) is 66.9 cm³/mol. The van der Waals surface area contributed by atoms with Gasteiger partial charge in [0.2, 0.25) is 5.95 Å². The van der Waals surface area contributed by atoms with Crippen molar-refractivity contribution in [3.8, 4) is 0 Å². The van der Waals surface area contributed by atoms with E-state index in [4.69, 9.17) is 0 Å². The molecule has 3 nitrogen and oxygen atoms in total. The van der Waals surface area contributed by atoms with E-state index in [9.17, 15) is 13.2 Å². The molecule has 0 saturated carbocycles. The van der Waals surface area contributed by atoms with Gasteiger partial charge in [0.15, 0.2) is 0 Å². The fourth-order valence-corrected chi connectivity index (χ4v) is 2.28. The van der Waals surface area contributed by atoms with Gasteiger partial charge >= 0.3 is 6.18 Å². The number of hydrogen-bond donors (Lipinski definition) is 0. The van der Waals surface area contributed by atoms with Crippen LogP contribution in [0.15, 0.2) is 12.3 Å². The Balaban J connectivity index is 2.18. The molecular weight excluding hydrogens is 255 g/mol. The maximum absolute atomic E-state index is 12.6. The van der Waals surface area contributed by atoms with Crippen LogP contribution in [0.4, 0.5) is 19.1 Å². The van der Waals surface area contributed by atoms with Crippen LogP contribution in [-0.4, -0.2) is 23.1 Å². The summed E-state index contributed by atoms with van der Waals surface area (Å²) in [6.45, 7) is 5.78. The summed E-state index contributed by atoms with van der Waals surface area (Å²) >= 11 is 0. The zero-order chi connectivity index (χ0) is 14.1. The quantitative estimate of drug-likeness (QED) is 0.784. The summed E-state index contributed by atoms with van der Waals surface area (Å²) in [5, 5.41) is 0. The summed E-state index contributed by atoms with van der Waals surface area (Å²) in [4.78, 5) is 9.48. The maximum Gasteiger partial charge on any atom is 0.433 e. The van der Waals surface area contributed by atoms with E-state index in [2.05, 4.69) is 23.8 Å². The van der Waals surface area contributed by atoms with E-state index in [0.29, 0.717) is 13.1 Å². The largest absolute Gasteiger partial charge is 0.433 e. The Morgan fingerprint density at radius 1 is 1.21 bits per heavy atom. The summed E-state index contributed by atoms with van der Waals surface area (Å²) in [6, 6.07) is 0.908. The van der Waals surface area contributed by atoms with Gasteiger partial charge in [-0.15, -0.1) is 0 Å². The number of nitrogens with zero attached hydrogens (tertiary/aromatic N) is 3. The van der Waals surface area contributed by atoms with Crippen LogP contribution in [0.5, 0.6) is 0 Å². The Hall–Kier alpha value is -1.33. The Morgan fingerprint density at radius 3 is 2.63 bits per heavy atom. The van der Waals surface area contributed by atoms with Gasteiger partial charge in [0.05, 0.1) is 0 Å². The molecule has 0 N–H and O–H groups in total. The van der Waals surface area contributed by atoms with Crippen LogP contribution in [0.3, 0.4) is 0 Å². The third-order valence-electron chi connectivity index (χ3n) is 3.56. The minimum absolute atomic E-state index is 0.188. The standard InChI is InChI=1S/C13H18F3N3/c1-12(2)5-3-8-19(9-6-12)11-17-7-4-10(18-11)13(14,15)16/h4,7H,3,5-6,8-9H2,1-2H3. The highest BCUT2D eigenvalue weighted by Crippen LogP contribution is 2.32. The molecule has 1 saturated heterocycles. The molecule has 2 heterocycles. The van der Waals surface area contributed by atoms with E-state index < -0.39 is 11.9 Å². The van der Waals surface area contributed by atoms with Gasteiger partial charge in [-0.2, -0.15) is 13.2 Å². The topological polar surface area (TPSA) is 29.0 Å². The monoisotopic (exact) mass is 273 g/mol. The van der Waals surface area contributed by atoms with Gasteiger partial charge in [-0.05, 0) is 30.7 Å². The average Bonchev–Trinajstić information content (AvgIpc) is 2.49. The first-order chi connectivity index (χ1) is 8.78. The Labute approximate surface area is 110 Å². The molecule has 1 aliphatic rings. The lowest BCUT2D eigenvalue weighted by Gasteiger charge is -2.23. The Morgan fingerprint density at radius 2 is 1.95 bits per heavy atom. The molecule has 6 heteroatoms. The molecule has 0 amide bonds. The van der Waals surface area contributed by atoms with Crippen molar-refractivity contribution < 1.29 is 13.2 Å². The number of anilines is 1. The van der Waals surface area contributed by atoms with Crippen LogP contribution >= 0.6 is 0 Å². The van der Waals surface area contributed by atoms with Crippen LogP contribution in [0.1, 0.15) is 38.8 Å². The molecule has 0 radical (unpaired) electrons. The molecule has 0 aromatic carbocycles. The van der Waals surface area contributed by atoms with E-state index in [-0.39, 0.29) is 11.4 Å². The molecule has 1 aliphatic heterocycles. The summed E-state index contributed by atoms with van der Waals surface area (Å²) in [5.41, 5.74) is -0.642. The predicted octanol–water partition coefficient (Wildman–Crippen LogP) is 3.51. The normalized spacial score (nSPS) is 20.2. The van der Waals surface area contributed by atoms with Crippen LogP contribution < -0.4 is 4.90 Å². The van der Waals surface area contributed by atoms with Gasteiger partial charge in [-0.3, -0.25) is 0 Å². The van der Waals surface area contributed by atoms with E-state index in [1.807, 2.05) is 4.90 Å². The number of aromatic nitrogens is 2. The molecule has 1 aromatic heterocycles. The van der Waals surface area contributed by atoms with Gasteiger partial charge in [0.25, 0.3) is 0 Å². The molecule has 0 aliphatic carbocycles. The molecule has 0 spiro atoms. The summed E-state index contributed by atoms with van der Waals surface area (Å²) < 4.78 is 37.9. The third kappa shape index (κ3) is 3.58. The zero-order valence-electron chi connectivity index (χ0n) is 11.2. The summed E-state index contributed by atoms with van der Waals surface area (Å²) in [5.74, 6) is 0.188. The van der Waals surface area contributed by atoms with Crippen molar-refractivity contribution in [1.82, 2.24) is 9.97 Å². The van der Waals surface area contributed by atoms with Crippen molar-refractivity contribution in [2.75, 3.05) is 18.0 Å². The van der Waals surface area contributed by atoms with Crippen LogP contribution in [-0.2, 0) is 6.18 Å². The van der Waals surface area contributed by atoms with E-state index in [1.54, 1.807) is 0 Å². The highest BCUT2D eigenvalue weighted by molar-refractivity contribution is 5.31. The Kier molecular flexibility index (Phi) is 3.69. The van der Waals surface area contributed by atoms with E-state index >= 15 is 0 Å². The lowest BCUT2D eigenvalue weighted by molar-refractivity contribution is -0.141. The number of halogens is 3. The molecule has 1 fully saturated rings. The molecule has 0 unspecified atom stereocenters. The van der Waals surface area contributed by atoms with Gasteiger partial charge in [0, 0.05) is 19.3 Å². The first kappa shape index (κ1) is 14.1. The molecule has 2 rings (SSSR count). The SMILES string of the molecule is CC1(C)CCCN(c2nccc(C(F)(F)F)n2)CC1. The van der Waals surface area contributed by atoms with Crippen LogP contribution in [0.25, 0.3) is 0 Å². The molecule has 1 aromatic rings. The van der Waals surface area contributed by atoms with Crippen molar-refractivity contribution in [2.45, 2.75) is 39.3 Å². The average molecular weight is 273 g/mol. The van der Waals surface area contributed by atoms with Crippen LogP contribution in [0, 0.1) is 5.41 Å². The van der Waals surface area contributed by atoms with Gasteiger partial charge in [-0.25, -0.2) is 9.97 Å². The van der Waals surface area contributed by atoms with E-state index in [0.717, 1.165) is 25.3 Å². The molecule has 19 heavy (non-hydrogen) atoms. The number of alkyl halides is 3. The highest BCUT2D eigenvalue weighted by Gasteiger charge is 2.33. The lowest BCUT2D eigenvalue weighted by Crippen LogP contribution is -2.27. The molecule has 0 atom stereocenters. The third-order valence-corrected chi connectivity index (χ3v) is 3.56. The highest BCUT2D eigenvalue weighted by atomic mass is 19.4. The fraction of sp³-hybridized carbons (Fsp3) is 0.692. The van der Waals surface area contributed by atoms with Crippen molar-refractivity contribution in [1.29, 1.82) is 0 Å². The van der Waals surface area contributed by atoms with Crippen molar-refractivity contribution in [3.63, 3.8) is 0 Å². The molecule has 106 valence electrons. The fourth-order valence-electron chi connectivity index (χ4n) is 2.28. The smallest absolute Gasteiger partial charge is 0.341 e. The molecule has 0 bridgehead atoms. The summed E-state index contributed by atoms with van der Waals surface area (Å²) in [7, 11) is 0. The summed E-state index contributed by atoms with van der Waals surface area (Å²) in [6.07, 6.45) is -0.272. The Bertz CT molecular complexity index is 443. The number of rotatable bonds is 1. The van der Waals surface area contributed by atoms with Crippen molar-refractivity contribution in [2.24, 2.45) is 5.41 Å². The minimum atomic E-state index is -4.41. The van der Waals surface area contributed by atoms with Crippen molar-refractivity contribution >= 4 is 5.95 Å². The minimum Gasteiger partial charge on any atom is -0.341 e. The van der Waals surface area contributed by atoms with Gasteiger partial charge < -0.3 is 4.90 Å². The maximum atomic E-state index is 12.6. The second-order valence-electron chi connectivity index (χ2n) is 5.74. The first-order valence-electron chi connectivity index (χ1n) is 6.43. The second kappa shape index (κ2) is 4.98. The molecular formula is C13H18F3N3. The van der Waals surface area contributed by atoms with Gasteiger partial charge in [-0.1, -0.05) is 13.8 Å². The first-order valence-corrected chi connectivity index (χ1v) is 6.43.